The minimum Gasteiger partial charge on any atom is -0.302 e. The zero-order valence-electron chi connectivity index (χ0n) is 15.1. The van der Waals surface area contributed by atoms with Gasteiger partial charge in [-0.25, -0.2) is 18.4 Å². The second kappa shape index (κ2) is 8.81. The summed E-state index contributed by atoms with van der Waals surface area (Å²) in [4.78, 5) is 52.1. The van der Waals surface area contributed by atoms with Crippen molar-refractivity contribution in [1.29, 1.82) is 0 Å². The van der Waals surface area contributed by atoms with E-state index in [1.807, 2.05) is 0 Å². The maximum absolute atomic E-state index is 12.6. The minimum absolute atomic E-state index is 0.00284. The quantitative estimate of drug-likeness (QED) is 0.292. The number of hydrogen-bond acceptors (Lipinski definition) is 10. The van der Waals surface area contributed by atoms with Gasteiger partial charge in [0.05, 0.1) is 13.2 Å². The lowest BCUT2D eigenvalue weighted by atomic mass is 10.2. The van der Waals surface area contributed by atoms with Crippen LogP contribution in [0.5, 0.6) is 0 Å². The maximum atomic E-state index is 12.6. The highest BCUT2D eigenvalue weighted by Crippen LogP contribution is 2.66. The van der Waals surface area contributed by atoms with Gasteiger partial charge in [-0.15, -0.1) is 5.10 Å². The van der Waals surface area contributed by atoms with E-state index >= 15 is 0 Å². The second-order valence-corrected chi connectivity index (χ2v) is 10.1. The van der Waals surface area contributed by atoms with E-state index in [9.17, 15) is 23.4 Å². The fraction of sp³-hybridized carbons (Fsp3) is 0.167. The van der Waals surface area contributed by atoms with Gasteiger partial charge in [-0.2, -0.15) is 23.2 Å². The summed E-state index contributed by atoms with van der Waals surface area (Å²) >= 11 is 0. The summed E-state index contributed by atoms with van der Waals surface area (Å²) in [5.41, 5.74) is -0.105. The van der Waals surface area contributed by atoms with Crippen molar-refractivity contribution in [2.75, 3.05) is 6.61 Å². The molecule has 0 saturated heterocycles. The van der Waals surface area contributed by atoms with Gasteiger partial charge in [0, 0.05) is 5.56 Å². The second-order valence-electron chi connectivity index (χ2n) is 5.64. The Morgan fingerprint density at radius 2 is 1.65 bits per heavy atom. The van der Waals surface area contributed by atoms with Gasteiger partial charge in [-0.3, -0.25) is 9.32 Å². The van der Waals surface area contributed by atoms with Crippen LogP contribution in [0, 0.1) is 0 Å². The third kappa shape index (κ3) is 6.21. The minimum atomic E-state index is -5.62. The molecule has 0 amide bonds. The van der Waals surface area contributed by atoms with Crippen LogP contribution in [-0.4, -0.2) is 50.6 Å². The van der Waals surface area contributed by atoms with Crippen LogP contribution < -0.4 is 5.56 Å². The molecule has 0 fully saturated rings. The van der Waals surface area contributed by atoms with Gasteiger partial charge >= 0.3 is 29.0 Å². The van der Waals surface area contributed by atoms with Crippen molar-refractivity contribution in [3.63, 3.8) is 0 Å². The number of phosphoric acid groups is 3. The first-order chi connectivity index (χ1) is 14.4. The molecule has 0 aliphatic carbocycles. The summed E-state index contributed by atoms with van der Waals surface area (Å²) in [7, 11) is -16.4. The van der Waals surface area contributed by atoms with Crippen LogP contribution in [0.25, 0.3) is 17.0 Å². The van der Waals surface area contributed by atoms with Crippen LogP contribution in [0.15, 0.2) is 41.5 Å². The molecule has 0 aliphatic heterocycles. The van der Waals surface area contributed by atoms with E-state index in [1.165, 1.54) is 0 Å². The Bertz CT molecular complexity index is 1290. The highest BCUT2D eigenvalue weighted by atomic mass is 31.3. The topological polar surface area (TPSA) is 225 Å². The predicted octanol–water partition coefficient (Wildman–Crippen LogP) is 0.296. The SMILES string of the molecule is O=c1c(-c2ccccc2)nn(CCOP(=O)(O)OP(=O)(O)OP(=O)(O)O)c2ncnn12. The van der Waals surface area contributed by atoms with Crippen LogP contribution in [-0.2, 0) is 33.4 Å². The van der Waals surface area contributed by atoms with E-state index in [0.717, 1.165) is 15.5 Å². The summed E-state index contributed by atoms with van der Waals surface area (Å²) in [6.07, 6.45) is 1.09. The number of benzene rings is 1. The standard InChI is InChI=1S/C12H14N5O11P3/c18-11-10(9-4-2-1-3-5-9)15-16(12-13-8-14-17(11)12)6-7-26-30(22,23)28-31(24,25)27-29(19,20)21/h1-5,8H,6-7H2,(H,22,23)(H,24,25)(H2,19,20,21). The van der Waals surface area contributed by atoms with E-state index < -0.39 is 35.6 Å². The van der Waals surface area contributed by atoms with Crippen molar-refractivity contribution in [3.8, 4) is 11.3 Å². The molecule has 0 spiro atoms. The molecule has 168 valence electrons. The average molecular weight is 497 g/mol. The van der Waals surface area contributed by atoms with Crippen LogP contribution >= 0.6 is 23.5 Å². The molecule has 3 aromatic rings. The van der Waals surface area contributed by atoms with E-state index in [-0.39, 0.29) is 18.0 Å². The third-order valence-corrected chi connectivity index (χ3v) is 7.23. The van der Waals surface area contributed by atoms with E-state index in [0.29, 0.717) is 5.56 Å². The summed E-state index contributed by atoms with van der Waals surface area (Å²) in [5, 5.41) is 7.95. The van der Waals surface area contributed by atoms with Crippen LogP contribution in [0.2, 0.25) is 0 Å². The molecule has 0 radical (unpaired) electrons. The van der Waals surface area contributed by atoms with Gasteiger partial charge in [-0.05, 0) is 0 Å². The third-order valence-electron chi connectivity index (χ3n) is 3.40. The first-order valence-electron chi connectivity index (χ1n) is 8.01. The van der Waals surface area contributed by atoms with Gasteiger partial charge in [0.15, 0.2) is 5.69 Å². The number of fused-ring (bicyclic) bond motifs is 1. The lowest BCUT2D eigenvalue weighted by Crippen LogP contribution is -2.25. The monoisotopic (exact) mass is 497 g/mol. The number of nitrogens with zero attached hydrogens (tertiary/aromatic N) is 5. The first-order valence-corrected chi connectivity index (χ1v) is 12.5. The molecular weight excluding hydrogens is 483 g/mol. The molecule has 2 atom stereocenters. The zero-order valence-corrected chi connectivity index (χ0v) is 17.8. The first kappa shape index (κ1) is 23.6. The predicted molar refractivity (Wildman–Crippen MR) is 100 cm³/mol. The van der Waals surface area contributed by atoms with Crippen molar-refractivity contribution in [2.45, 2.75) is 6.54 Å². The fourth-order valence-electron chi connectivity index (χ4n) is 2.34. The molecule has 2 heterocycles. The van der Waals surface area contributed by atoms with E-state index in [4.69, 9.17) is 14.7 Å². The Hall–Kier alpha value is -2.09. The van der Waals surface area contributed by atoms with Crippen LogP contribution in [0.1, 0.15) is 0 Å². The lowest BCUT2D eigenvalue weighted by molar-refractivity contribution is 0.167. The Morgan fingerprint density at radius 1 is 0.968 bits per heavy atom. The molecule has 1 aromatic carbocycles. The summed E-state index contributed by atoms with van der Waals surface area (Å²) < 4.78 is 47.6. The van der Waals surface area contributed by atoms with Gasteiger partial charge in [0.2, 0.25) is 0 Å². The summed E-state index contributed by atoms with van der Waals surface area (Å²) in [6, 6.07) is 8.36. The molecule has 0 aliphatic rings. The number of hydrogen-bond donors (Lipinski definition) is 4. The Balaban J connectivity index is 1.78. The van der Waals surface area contributed by atoms with Crippen molar-refractivity contribution >= 4 is 29.2 Å². The molecule has 2 aromatic heterocycles. The van der Waals surface area contributed by atoms with E-state index in [1.54, 1.807) is 30.3 Å². The van der Waals surface area contributed by atoms with Crippen LogP contribution in [0.4, 0.5) is 0 Å². The molecule has 19 heteroatoms. The molecule has 4 N–H and O–H groups in total. The normalized spacial score (nSPS) is 16.1. The summed E-state index contributed by atoms with van der Waals surface area (Å²) in [6.45, 7) is -0.957. The number of rotatable bonds is 9. The molecule has 3 rings (SSSR count). The lowest BCUT2D eigenvalue weighted by Gasteiger charge is -2.16. The smallest absolute Gasteiger partial charge is 0.302 e. The highest BCUT2D eigenvalue weighted by molar-refractivity contribution is 7.66. The van der Waals surface area contributed by atoms with Crippen molar-refractivity contribution in [1.82, 2.24) is 24.4 Å². The zero-order chi connectivity index (χ0) is 22.9. The van der Waals surface area contributed by atoms with E-state index in [2.05, 4.69) is 28.3 Å². The Labute approximate surface area is 172 Å². The van der Waals surface area contributed by atoms with Gasteiger partial charge in [0.1, 0.15) is 6.33 Å². The van der Waals surface area contributed by atoms with Crippen molar-refractivity contribution < 1.29 is 46.4 Å². The molecule has 16 nitrogen and oxygen atoms in total. The molecule has 0 saturated carbocycles. The molecule has 2 unspecified atom stereocenters. The van der Waals surface area contributed by atoms with Gasteiger partial charge in [0.25, 0.3) is 5.78 Å². The van der Waals surface area contributed by atoms with Crippen molar-refractivity contribution in [3.05, 3.63) is 47.0 Å². The van der Waals surface area contributed by atoms with Gasteiger partial charge in [-0.1, -0.05) is 30.3 Å². The van der Waals surface area contributed by atoms with Gasteiger partial charge < -0.3 is 19.6 Å². The average Bonchev–Trinajstić information content (AvgIpc) is 3.11. The fourth-order valence-corrected chi connectivity index (χ4v) is 5.34. The molecular formula is C12H14N5O11P3. The summed E-state index contributed by atoms with van der Waals surface area (Å²) in [5.74, 6) is -0.0281. The Kier molecular flexibility index (Phi) is 6.69. The van der Waals surface area contributed by atoms with Crippen LogP contribution in [0.3, 0.4) is 0 Å². The number of phosphoric ester groups is 1. The molecule has 0 bridgehead atoms. The largest absolute Gasteiger partial charge is 0.490 e. The maximum Gasteiger partial charge on any atom is 0.490 e. The number of aromatic nitrogens is 5. The van der Waals surface area contributed by atoms with Crippen molar-refractivity contribution in [2.24, 2.45) is 0 Å². The molecule has 31 heavy (non-hydrogen) atoms. The Morgan fingerprint density at radius 3 is 2.29 bits per heavy atom. The highest BCUT2D eigenvalue weighted by Gasteiger charge is 2.40.